The van der Waals surface area contributed by atoms with Gasteiger partial charge >= 0.3 is 5.97 Å². The van der Waals surface area contributed by atoms with Gasteiger partial charge in [-0.3, -0.25) is 4.21 Å². The fraction of sp³-hybridized carbons (Fsp3) is 0.364. The normalized spacial score (nSPS) is 12.0. The molecular formula is C11H13F2NO3S. The molecule has 1 atom stereocenters. The summed E-state index contributed by atoms with van der Waals surface area (Å²) in [6, 6.07) is 2.37. The lowest BCUT2D eigenvalue weighted by Crippen LogP contribution is -2.13. The summed E-state index contributed by atoms with van der Waals surface area (Å²) in [5.74, 6) is -3.03. The molecule has 0 fully saturated rings. The highest BCUT2D eigenvalue weighted by Gasteiger charge is 2.18. The summed E-state index contributed by atoms with van der Waals surface area (Å²) in [4.78, 5) is 11.1. The van der Waals surface area contributed by atoms with Crippen LogP contribution in [0.15, 0.2) is 12.1 Å². The summed E-state index contributed by atoms with van der Waals surface area (Å²) in [7, 11) is 0.0686. The molecule has 0 heterocycles. The van der Waals surface area contributed by atoms with Crippen molar-refractivity contribution >= 4 is 22.5 Å². The van der Waals surface area contributed by atoms with E-state index in [9.17, 15) is 17.8 Å². The van der Waals surface area contributed by atoms with Gasteiger partial charge < -0.3 is 10.1 Å². The first-order valence-electron chi connectivity index (χ1n) is 5.07. The van der Waals surface area contributed by atoms with E-state index in [-0.39, 0.29) is 12.2 Å². The number of hydrogen-bond acceptors (Lipinski definition) is 4. The zero-order chi connectivity index (χ0) is 13.7. The minimum absolute atomic E-state index is 0.0781. The van der Waals surface area contributed by atoms with Crippen LogP contribution in [0, 0.1) is 11.6 Å². The molecular weight excluding hydrogens is 264 g/mol. The number of ether oxygens (including phenoxy) is 1. The lowest BCUT2D eigenvalue weighted by molar-refractivity contribution is 0.0594. The van der Waals surface area contributed by atoms with Gasteiger partial charge in [-0.2, -0.15) is 0 Å². The van der Waals surface area contributed by atoms with Crippen molar-refractivity contribution in [1.29, 1.82) is 0 Å². The number of halogens is 2. The molecule has 1 rings (SSSR count). The van der Waals surface area contributed by atoms with Crippen LogP contribution in [-0.2, 0) is 15.5 Å². The molecule has 1 unspecified atom stereocenters. The summed E-state index contributed by atoms with van der Waals surface area (Å²) in [5.41, 5.74) is -0.537. The predicted octanol–water partition coefficient (Wildman–Crippen LogP) is 1.54. The van der Waals surface area contributed by atoms with E-state index in [1.807, 2.05) is 0 Å². The van der Waals surface area contributed by atoms with E-state index in [1.54, 1.807) is 0 Å². The molecule has 0 saturated heterocycles. The Kier molecular flexibility index (Phi) is 5.21. The van der Waals surface area contributed by atoms with Crippen LogP contribution in [0.25, 0.3) is 0 Å². The van der Waals surface area contributed by atoms with Crippen molar-refractivity contribution in [2.24, 2.45) is 0 Å². The molecule has 4 nitrogen and oxygen atoms in total. The van der Waals surface area contributed by atoms with Crippen molar-refractivity contribution < 1.29 is 22.5 Å². The lowest BCUT2D eigenvalue weighted by Gasteiger charge is -2.09. The molecule has 0 radical (unpaired) electrons. The second kappa shape index (κ2) is 6.44. The first-order valence-corrected chi connectivity index (χ1v) is 6.80. The topological polar surface area (TPSA) is 55.4 Å². The monoisotopic (exact) mass is 277 g/mol. The molecule has 1 N–H and O–H groups in total. The second-order valence-corrected chi connectivity index (χ2v) is 5.04. The van der Waals surface area contributed by atoms with Gasteiger partial charge in [-0.15, -0.1) is 0 Å². The fourth-order valence-electron chi connectivity index (χ4n) is 1.28. The third-order valence-electron chi connectivity index (χ3n) is 2.19. The Morgan fingerprint density at radius 2 is 2.06 bits per heavy atom. The fourth-order valence-corrected chi connectivity index (χ4v) is 1.67. The van der Waals surface area contributed by atoms with Gasteiger partial charge in [0.15, 0.2) is 11.6 Å². The molecule has 100 valence electrons. The van der Waals surface area contributed by atoms with E-state index >= 15 is 0 Å². The maximum Gasteiger partial charge on any atom is 0.340 e. The molecule has 1 aromatic carbocycles. The van der Waals surface area contributed by atoms with Gasteiger partial charge in [0.2, 0.25) is 0 Å². The number of esters is 1. The van der Waals surface area contributed by atoms with Gasteiger partial charge in [-0.25, -0.2) is 13.6 Å². The quantitative estimate of drug-likeness (QED) is 0.830. The summed E-state index contributed by atoms with van der Waals surface area (Å²) in [5, 5.41) is 2.61. The van der Waals surface area contributed by atoms with E-state index in [1.165, 1.54) is 12.3 Å². The SMILES string of the molecule is COC(=O)c1ccc(NCCS(C)=O)c(F)c1F. The number of rotatable bonds is 5. The smallest absolute Gasteiger partial charge is 0.340 e. The Morgan fingerprint density at radius 1 is 1.39 bits per heavy atom. The molecule has 0 saturated carbocycles. The molecule has 0 spiro atoms. The molecule has 18 heavy (non-hydrogen) atoms. The molecule has 0 aliphatic rings. The zero-order valence-electron chi connectivity index (χ0n) is 9.96. The number of carbonyl (C=O) groups excluding carboxylic acids is 1. The van der Waals surface area contributed by atoms with Crippen LogP contribution >= 0.6 is 0 Å². The van der Waals surface area contributed by atoms with Crippen molar-refractivity contribution in [2.75, 3.05) is 31.0 Å². The minimum Gasteiger partial charge on any atom is -0.465 e. The number of benzene rings is 1. The highest BCUT2D eigenvalue weighted by atomic mass is 32.2. The number of anilines is 1. The van der Waals surface area contributed by atoms with Crippen molar-refractivity contribution in [3.63, 3.8) is 0 Å². The van der Waals surface area contributed by atoms with Gasteiger partial charge in [0.1, 0.15) is 0 Å². The van der Waals surface area contributed by atoms with Gasteiger partial charge in [-0.1, -0.05) is 0 Å². The molecule has 0 aliphatic carbocycles. The van der Waals surface area contributed by atoms with E-state index < -0.39 is 34.0 Å². The summed E-state index contributed by atoms with van der Waals surface area (Å²) < 4.78 is 42.2. The number of hydrogen-bond donors (Lipinski definition) is 1. The van der Waals surface area contributed by atoms with Gasteiger partial charge in [0, 0.05) is 29.4 Å². The average molecular weight is 277 g/mol. The van der Waals surface area contributed by atoms with Crippen LogP contribution in [0.3, 0.4) is 0 Å². The Labute approximate surface area is 106 Å². The molecule has 0 amide bonds. The van der Waals surface area contributed by atoms with Crippen molar-refractivity contribution in [3.8, 4) is 0 Å². The standard InChI is InChI=1S/C11H13F2NO3S/c1-17-11(15)7-3-4-8(10(13)9(7)12)14-5-6-18(2)16/h3-4,14H,5-6H2,1-2H3. The maximum atomic E-state index is 13.6. The number of methoxy groups -OCH3 is 1. The van der Waals surface area contributed by atoms with Crippen LogP contribution in [-0.4, -0.2) is 35.8 Å². The Balaban J connectivity index is 2.87. The Morgan fingerprint density at radius 3 is 2.61 bits per heavy atom. The van der Waals surface area contributed by atoms with E-state index in [0.717, 1.165) is 13.2 Å². The van der Waals surface area contributed by atoms with E-state index in [4.69, 9.17) is 0 Å². The minimum atomic E-state index is -1.26. The van der Waals surface area contributed by atoms with Crippen molar-refractivity contribution in [1.82, 2.24) is 0 Å². The first-order chi connectivity index (χ1) is 8.47. The van der Waals surface area contributed by atoms with Crippen LogP contribution < -0.4 is 5.32 Å². The van der Waals surface area contributed by atoms with Crippen molar-refractivity contribution in [2.45, 2.75) is 0 Å². The van der Waals surface area contributed by atoms with Crippen molar-refractivity contribution in [3.05, 3.63) is 29.3 Å². The maximum absolute atomic E-state index is 13.6. The van der Waals surface area contributed by atoms with Crippen LogP contribution in [0.5, 0.6) is 0 Å². The highest BCUT2D eigenvalue weighted by Crippen LogP contribution is 2.21. The number of carbonyl (C=O) groups is 1. The molecule has 1 aromatic rings. The predicted molar refractivity (Wildman–Crippen MR) is 65.1 cm³/mol. The van der Waals surface area contributed by atoms with Crippen LogP contribution in [0.1, 0.15) is 10.4 Å². The second-order valence-electron chi connectivity index (χ2n) is 3.48. The molecule has 0 bridgehead atoms. The highest BCUT2D eigenvalue weighted by molar-refractivity contribution is 7.84. The number of nitrogens with one attached hydrogen (secondary N) is 1. The largest absolute Gasteiger partial charge is 0.465 e. The zero-order valence-corrected chi connectivity index (χ0v) is 10.8. The van der Waals surface area contributed by atoms with Crippen LogP contribution in [0.2, 0.25) is 0 Å². The third-order valence-corrected chi connectivity index (χ3v) is 2.97. The summed E-state index contributed by atoms with van der Waals surface area (Å²) in [6.45, 7) is 0.247. The average Bonchev–Trinajstić information content (AvgIpc) is 2.33. The Hall–Kier alpha value is -1.50. The van der Waals surface area contributed by atoms with Gasteiger partial charge in [0.05, 0.1) is 18.4 Å². The molecule has 7 heteroatoms. The first kappa shape index (κ1) is 14.6. The van der Waals surface area contributed by atoms with Gasteiger partial charge in [-0.05, 0) is 12.1 Å². The lowest BCUT2D eigenvalue weighted by atomic mass is 10.2. The van der Waals surface area contributed by atoms with E-state index in [2.05, 4.69) is 10.1 Å². The third kappa shape index (κ3) is 3.49. The Bertz CT molecular complexity index is 480. The van der Waals surface area contributed by atoms with E-state index in [0.29, 0.717) is 5.75 Å². The summed E-state index contributed by atoms with van der Waals surface area (Å²) >= 11 is 0. The van der Waals surface area contributed by atoms with Gasteiger partial charge in [0.25, 0.3) is 0 Å². The summed E-state index contributed by atoms with van der Waals surface area (Å²) in [6.07, 6.45) is 1.51. The molecule has 0 aromatic heterocycles. The van der Waals surface area contributed by atoms with Crippen LogP contribution in [0.4, 0.5) is 14.5 Å². The molecule has 0 aliphatic heterocycles.